The summed E-state index contributed by atoms with van der Waals surface area (Å²) >= 11 is 5.76. The zero-order chi connectivity index (χ0) is 9.26. The van der Waals surface area contributed by atoms with Gasteiger partial charge in [0.25, 0.3) is 0 Å². The van der Waals surface area contributed by atoms with Gasteiger partial charge in [0.15, 0.2) is 0 Å². The van der Waals surface area contributed by atoms with Crippen molar-refractivity contribution in [3.63, 3.8) is 0 Å². The normalized spacial score (nSPS) is 22.2. The minimum absolute atomic E-state index is 0.297. The molecule has 1 aliphatic carbocycles. The molecule has 1 fully saturated rings. The van der Waals surface area contributed by atoms with Gasteiger partial charge < -0.3 is 0 Å². The maximum atomic E-state index is 11.1. The van der Waals surface area contributed by atoms with Gasteiger partial charge in [-0.2, -0.15) is 0 Å². The van der Waals surface area contributed by atoms with Crippen LogP contribution >= 0.6 is 11.6 Å². The van der Waals surface area contributed by atoms with E-state index < -0.39 is 0 Å². The number of Topliss-reactive ketones (excluding diaryl/α,β-unsaturated/α-hetero) is 1. The fourth-order valence-electron chi connectivity index (χ4n) is 1.72. The van der Waals surface area contributed by atoms with Crippen LogP contribution in [-0.2, 0) is 4.79 Å². The molecule has 1 heterocycles. The lowest BCUT2D eigenvalue weighted by Gasteiger charge is -2.06. The minimum atomic E-state index is 0.297. The van der Waals surface area contributed by atoms with Gasteiger partial charge in [-0.3, -0.25) is 4.79 Å². The van der Waals surface area contributed by atoms with Crippen LogP contribution in [0.2, 0.25) is 5.15 Å². The predicted molar refractivity (Wildman–Crippen MR) is 50.8 cm³/mol. The Hall–Kier alpha value is -0.890. The molecule has 2 rings (SSSR count). The van der Waals surface area contributed by atoms with Crippen molar-refractivity contribution in [1.82, 2.24) is 4.98 Å². The third-order valence-electron chi connectivity index (χ3n) is 2.40. The van der Waals surface area contributed by atoms with Crippen molar-refractivity contribution >= 4 is 17.4 Å². The van der Waals surface area contributed by atoms with Gasteiger partial charge in [-0.25, -0.2) is 4.98 Å². The number of hydrogen-bond donors (Lipinski definition) is 0. The zero-order valence-corrected chi connectivity index (χ0v) is 7.92. The first-order chi connectivity index (χ1) is 6.25. The van der Waals surface area contributed by atoms with Gasteiger partial charge in [-0.1, -0.05) is 17.7 Å². The first kappa shape index (κ1) is 8.70. The molecule has 0 bridgehead atoms. The van der Waals surface area contributed by atoms with E-state index in [2.05, 4.69) is 4.98 Å². The van der Waals surface area contributed by atoms with E-state index in [-0.39, 0.29) is 0 Å². The van der Waals surface area contributed by atoms with Crippen molar-refractivity contribution in [3.8, 4) is 0 Å². The van der Waals surface area contributed by atoms with E-state index in [9.17, 15) is 4.79 Å². The summed E-state index contributed by atoms with van der Waals surface area (Å²) in [5.41, 5.74) is 0.957. The lowest BCUT2D eigenvalue weighted by Crippen LogP contribution is -1.97. The minimum Gasteiger partial charge on any atom is -0.300 e. The molecule has 1 aliphatic rings. The van der Waals surface area contributed by atoms with Crippen molar-refractivity contribution in [2.24, 2.45) is 0 Å². The molecule has 68 valence electrons. The second-order valence-corrected chi connectivity index (χ2v) is 3.75. The highest BCUT2D eigenvalue weighted by atomic mass is 35.5. The molecule has 0 saturated heterocycles. The molecule has 0 N–H and O–H groups in total. The number of nitrogens with zero attached hydrogens (tertiary/aromatic N) is 1. The van der Waals surface area contributed by atoms with E-state index in [4.69, 9.17) is 11.6 Å². The van der Waals surface area contributed by atoms with E-state index in [1.54, 1.807) is 6.07 Å². The largest absolute Gasteiger partial charge is 0.300 e. The van der Waals surface area contributed by atoms with Crippen LogP contribution in [0.15, 0.2) is 18.2 Å². The second-order valence-electron chi connectivity index (χ2n) is 3.36. The Bertz CT molecular complexity index is 337. The number of rotatable bonds is 1. The van der Waals surface area contributed by atoms with Crippen molar-refractivity contribution in [2.75, 3.05) is 0 Å². The standard InChI is InChI=1S/C10H10ClNO/c11-10-3-1-2-9(12-10)7-4-5-8(13)6-7/h1-3,7H,4-6H2. The number of halogens is 1. The number of aromatic nitrogens is 1. The second kappa shape index (κ2) is 3.46. The summed E-state index contributed by atoms with van der Waals surface area (Å²) < 4.78 is 0. The van der Waals surface area contributed by atoms with Crippen LogP contribution in [0.4, 0.5) is 0 Å². The molecule has 2 nitrogen and oxygen atoms in total. The van der Waals surface area contributed by atoms with Crippen LogP contribution < -0.4 is 0 Å². The van der Waals surface area contributed by atoms with Gasteiger partial charge in [0, 0.05) is 24.5 Å². The third kappa shape index (κ3) is 1.89. The summed E-state index contributed by atoms with van der Waals surface area (Å²) in [6.45, 7) is 0. The van der Waals surface area contributed by atoms with E-state index in [0.29, 0.717) is 29.7 Å². The van der Waals surface area contributed by atoms with Crippen LogP contribution in [0.5, 0.6) is 0 Å². The predicted octanol–water partition coefficient (Wildman–Crippen LogP) is 2.57. The highest BCUT2D eigenvalue weighted by Gasteiger charge is 2.24. The quantitative estimate of drug-likeness (QED) is 0.645. The Labute approximate surface area is 81.9 Å². The molecule has 1 atom stereocenters. The van der Waals surface area contributed by atoms with Crippen molar-refractivity contribution in [3.05, 3.63) is 29.0 Å². The number of carbonyl (C=O) groups excluding carboxylic acids is 1. The van der Waals surface area contributed by atoms with Crippen LogP contribution in [0.3, 0.4) is 0 Å². The Morgan fingerprint density at radius 1 is 1.46 bits per heavy atom. The van der Waals surface area contributed by atoms with Crippen LogP contribution in [0.1, 0.15) is 30.9 Å². The number of hydrogen-bond acceptors (Lipinski definition) is 2. The summed E-state index contributed by atoms with van der Waals surface area (Å²) in [5, 5.41) is 0.511. The molecular formula is C10H10ClNO. The van der Waals surface area contributed by atoms with Gasteiger partial charge in [-0.05, 0) is 18.6 Å². The molecule has 1 saturated carbocycles. The molecule has 0 radical (unpaired) electrons. The summed E-state index contributed by atoms with van der Waals surface area (Å²) in [6.07, 6.45) is 2.25. The third-order valence-corrected chi connectivity index (χ3v) is 2.61. The van der Waals surface area contributed by atoms with E-state index in [0.717, 1.165) is 12.1 Å². The van der Waals surface area contributed by atoms with E-state index in [1.165, 1.54) is 0 Å². The van der Waals surface area contributed by atoms with Crippen LogP contribution in [-0.4, -0.2) is 10.8 Å². The topological polar surface area (TPSA) is 30.0 Å². The zero-order valence-electron chi connectivity index (χ0n) is 7.16. The molecular weight excluding hydrogens is 186 g/mol. The van der Waals surface area contributed by atoms with Gasteiger partial charge >= 0.3 is 0 Å². The van der Waals surface area contributed by atoms with Gasteiger partial charge in [-0.15, -0.1) is 0 Å². The molecule has 0 amide bonds. The Balaban J connectivity index is 2.21. The molecule has 0 aromatic carbocycles. The molecule has 13 heavy (non-hydrogen) atoms. The first-order valence-corrected chi connectivity index (χ1v) is 4.77. The van der Waals surface area contributed by atoms with Gasteiger partial charge in [0.2, 0.25) is 0 Å². The fourth-order valence-corrected chi connectivity index (χ4v) is 1.89. The van der Waals surface area contributed by atoms with Gasteiger partial charge in [0.1, 0.15) is 10.9 Å². The highest BCUT2D eigenvalue weighted by molar-refractivity contribution is 6.29. The average molecular weight is 196 g/mol. The fraction of sp³-hybridized carbons (Fsp3) is 0.400. The lowest BCUT2D eigenvalue weighted by molar-refractivity contribution is -0.117. The highest BCUT2D eigenvalue weighted by Crippen LogP contribution is 2.31. The Kier molecular flexibility index (Phi) is 2.32. The Morgan fingerprint density at radius 3 is 2.92 bits per heavy atom. The van der Waals surface area contributed by atoms with Crippen molar-refractivity contribution < 1.29 is 4.79 Å². The summed E-state index contributed by atoms with van der Waals surface area (Å²) in [4.78, 5) is 15.3. The smallest absolute Gasteiger partial charge is 0.133 e. The first-order valence-electron chi connectivity index (χ1n) is 4.40. The summed E-state index contributed by atoms with van der Waals surface area (Å²) in [6, 6.07) is 5.57. The summed E-state index contributed by atoms with van der Waals surface area (Å²) in [7, 11) is 0. The molecule has 1 aromatic rings. The monoisotopic (exact) mass is 195 g/mol. The molecule has 0 aliphatic heterocycles. The number of ketones is 1. The van der Waals surface area contributed by atoms with E-state index >= 15 is 0 Å². The van der Waals surface area contributed by atoms with Crippen molar-refractivity contribution in [2.45, 2.75) is 25.2 Å². The van der Waals surface area contributed by atoms with Crippen LogP contribution in [0, 0.1) is 0 Å². The number of pyridine rings is 1. The molecule has 1 aromatic heterocycles. The SMILES string of the molecule is O=C1CCC(c2cccc(Cl)n2)C1. The maximum absolute atomic E-state index is 11.1. The molecule has 1 unspecified atom stereocenters. The van der Waals surface area contributed by atoms with Crippen LogP contribution in [0.25, 0.3) is 0 Å². The number of carbonyl (C=O) groups is 1. The van der Waals surface area contributed by atoms with Gasteiger partial charge in [0.05, 0.1) is 0 Å². The Morgan fingerprint density at radius 2 is 2.31 bits per heavy atom. The molecule has 0 spiro atoms. The molecule has 3 heteroatoms. The summed E-state index contributed by atoms with van der Waals surface area (Å²) in [5.74, 6) is 0.637. The van der Waals surface area contributed by atoms with E-state index in [1.807, 2.05) is 12.1 Å². The van der Waals surface area contributed by atoms with Crippen molar-refractivity contribution in [1.29, 1.82) is 0 Å². The lowest BCUT2D eigenvalue weighted by atomic mass is 10.0. The maximum Gasteiger partial charge on any atom is 0.133 e. The average Bonchev–Trinajstić information content (AvgIpc) is 2.52.